The standard InChI is InChI=1S/C24H24F6N2O4.C22H22F6N2O3.H2/c1-15(17-10-19(23(25,26)27)12-20(11-17)24(28,29)30)36-14-22(18-6-4-3-5-7-18)9-8-21(32(34)35)13-31(22)16(2)33;1-14(15-9-17(21(23,24)25)11-18(10-15)22(26,27)28)33-13-20(16-5-3-2-4-6-16)8-7-19(12-29-20)30(31)32;/h3-7,10-12,15,21H,8-9,13-14H2,1-2H3;2-6,9-11,14,19,29H,7-8,12-13H2,1H3;1H/t15-,21?,22-;14-,19?,20-;/m11./s1. The number of alkyl halides is 12. The molecular formula is C46H48F12N4O7. The number of likely N-dealkylation sites (tertiary alicyclic amines) is 1. The summed E-state index contributed by atoms with van der Waals surface area (Å²) in [6.45, 7) is 3.39. The first-order valence-corrected chi connectivity index (χ1v) is 21.2. The quantitative estimate of drug-likeness (QED) is 0.0841. The number of hydrogen-bond donors (Lipinski definition) is 1. The van der Waals surface area contributed by atoms with Crippen LogP contribution in [0.4, 0.5) is 52.7 Å². The van der Waals surface area contributed by atoms with E-state index in [4.69, 9.17) is 9.47 Å². The largest absolute Gasteiger partial charge is 0.416 e. The first kappa shape index (κ1) is 54.1. The molecule has 4 aromatic rings. The Morgan fingerprint density at radius 2 is 1.04 bits per heavy atom. The summed E-state index contributed by atoms with van der Waals surface area (Å²) >= 11 is 0. The van der Waals surface area contributed by atoms with Gasteiger partial charge < -0.3 is 14.4 Å². The molecule has 2 fully saturated rings. The van der Waals surface area contributed by atoms with Crippen LogP contribution in [0.2, 0.25) is 0 Å². The number of nitrogens with zero attached hydrogens (tertiary/aromatic N) is 3. The van der Waals surface area contributed by atoms with Crippen LogP contribution in [-0.2, 0) is 50.1 Å². The summed E-state index contributed by atoms with van der Waals surface area (Å²) in [6.07, 6.45) is -21.5. The molecule has 0 aromatic heterocycles. The van der Waals surface area contributed by atoms with Crippen molar-refractivity contribution in [2.45, 2.75) is 107 Å². The van der Waals surface area contributed by atoms with E-state index in [-0.39, 0.29) is 75.2 Å². The molecule has 0 radical (unpaired) electrons. The minimum Gasteiger partial charge on any atom is -0.372 e. The van der Waals surface area contributed by atoms with Crippen molar-refractivity contribution in [1.82, 2.24) is 10.2 Å². The monoisotopic (exact) mass is 996 g/mol. The molecule has 2 aliphatic rings. The molecule has 1 N–H and O–H groups in total. The van der Waals surface area contributed by atoms with E-state index in [0.29, 0.717) is 36.2 Å². The second-order valence-corrected chi connectivity index (χ2v) is 16.9. The molecule has 2 saturated heterocycles. The van der Waals surface area contributed by atoms with Crippen LogP contribution in [0, 0.1) is 20.2 Å². The molecule has 6 rings (SSSR count). The zero-order valence-corrected chi connectivity index (χ0v) is 36.9. The number of carbonyl (C=O) groups is 1. The molecule has 378 valence electrons. The van der Waals surface area contributed by atoms with Gasteiger partial charge in [0.2, 0.25) is 18.0 Å². The van der Waals surface area contributed by atoms with Crippen molar-refractivity contribution < 1.29 is 78.2 Å². The third kappa shape index (κ3) is 13.3. The van der Waals surface area contributed by atoms with Crippen LogP contribution in [0.15, 0.2) is 97.1 Å². The maximum atomic E-state index is 13.3. The number of nitrogens with one attached hydrogen (secondary N) is 1. The highest BCUT2D eigenvalue weighted by molar-refractivity contribution is 5.75. The number of hydrogen-bond acceptors (Lipinski definition) is 8. The highest BCUT2D eigenvalue weighted by Crippen LogP contribution is 2.43. The molecule has 23 heteroatoms. The fraction of sp³-hybridized carbons (Fsp3) is 0.457. The Morgan fingerprint density at radius 3 is 1.41 bits per heavy atom. The van der Waals surface area contributed by atoms with Gasteiger partial charge in [0.15, 0.2) is 0 Å². The molecule has 0 aliphatic carbocycles. The summed E-state index contributed by atoms with van der Waals surface area (Å²) in [6, 6.07) is 18.2. The van der Waals surface area contributed by atoms with Gasteiger partial charge >= 0.3 is 24.7 Å². The van der Waals surface area contributed by atoms with Gasteiger partial charge in [-0.1, -0.05) is 60.7 Å². The summed E-state index contributed by atoms with van der Waals surface area (Å²) in [7, 11) is 0. The van der Waals surface area contributed by atoms with Gasteiger partial charge in [-0.2, -0.15) is 52.7 Å². The Hall–Kier alpha value is -5.81. The highest BCUT2D eigenvalue weighted by Gasteiger charge is 2.49. The van der Waals surface area contributed by atoms with Gasteiger partial charge in [0.05, 0.1) is 71.8 Å². The molecule has 69 heavy (non-hydrogen) atoms. The van der Waals surface area contributed by atoms with Gasteiger partial charge in [0, 0.05) is 31.0 Å². The van der Waals surface area contributed by atoms with E-state index in [1.54, 1.807) is 60.7 Å². The molecule has 0 bridgehead atoms. The lowest BCUT2D eigenvalue weighted by molar-refractivity contribution is -0.528. The van der Waals surface area contributed by atoms with Gasteiger partial charge in [-0.05, 0) is 85.3 Å². The highest BCUT2D eigenvalue weighted by atomic mass is 19.4. The van der Waals surface area contributed by atoms with Gasteiger partial charge in [-0.3, -0.25) is 30.3 Å². The second-order valence-electron chi connectivity index (χ2n) is 16.9. The molecule has 11 nitrogen and oxygen atoms in total. The number of carbonyl (C=O) groups excluding carboxylic acids is 1. The number of rotatable bonds is 12. The number of amides is 1. The molecular weight excluding hydrogens is 949 g/mol. The third-order valence-electron chi connectivity index (χ3n) is 12.3. The summed E-state index contributed by atoms with van der Waals surface area (Å²) in [5.74, 6) is -0.472. The van der Waals surface area contributed by atoms with E-state index in [1.807, 2.05) is 0 Å². The fourth-order valence-electron chi connectivity index (χ4n) is 8.36. The van der Waals surface area contributed by atoms with Gasteiger partial charge in [-0.25, -0.2) is 0 Å². The van der Waals surface area contributed by atoms with Crippen molar-refractivity contribution >= 4 is 5.91 Å². The first-order chi connectivity index (χ1) is 32.0. The number of halogens is 12. The average molecular weight is 997 g/mol. The van der Waals surface area contributed by atoms with E-state index < -0.39 is 93.2 Å². The third-order valence-corrected chi connectivity index (χ3v) is 12.3. The van der Waals surface area contributed by atoms with Gasteiger partial charge in [0.1, 0.15) is 0 Å². The first-order valence-electron chi connectivity index (χ1n) is 21.2. The number of piperidine rings is 2. The van der Waals surface area contributed by atoms with Crippen LogP contribution in [0.3, 0.4) is 0 Å². The lowest BCUT2D eigenvalue weighted by atomic mass is 9.79. The smallest absolute Gasteiger partial charge is 0.372 e. The Balaban J connectivity index is 0.000000301. The van der Waals surface area contributed by atoms with E-state index in [9.17, 15) is 77.7 Å². The lowest BCUT2D eigenvalue weighted by Gasteiger charge is -2.47. The van der Waals surface area contributed by atoms with Crippen molar-refractivity contribution in [1.29, 1.82) is 0 Å². The van der Waals surface area contributed by atoms with Crippen LogP contribution in [0.5, 0.6) is 0 Å². The number of benzene rings is 4. The predicted octanol–water partition coefficient (Wildman–Crippen LogP) is 12.0. The predicted molar refractivity (Wildman–Crippen MR) is 225 cm³/mol. The van der Waals surface area contributed by atoms with Crippen LogP contribution in [0.1, 0.15) is 105 Å². The number of ether oxygens (including phenoxy) is 2. The van der Waals surface area contributed by atoms with Crippen LogP contribution in [0.25, 0.3) is 0 Å². The maximum Gasteiger partial charge on any atom is 0.416 e. The van der Waals surface area contributed by atoms with Gasteiger partial charge in [0.25, 0.3) is 0 Å². The summed E-state index contributed by atoms with van der Waals surface area (Å²) in [4.78, 5) is 35.6. The van der Waals surface area contributed by atoms with Gasteiger partial charge in [-0.15, -0.1) is 0 Å². The summed E-state index contributed by atoms with van der Waals surface area (Å²) < 4.78 is 171. The molecule has 2 heterocycles. The Morgan fingerprint density at radius 1 is 0.652 bits per heavy atom. The topological polar surface area (TPSA) is 137 Å². The normalized spacial score (nSPS) is 22.2. The summed E-state index contributed by atoms with van der Waals surface area (Å²) in [5, 5.41) is 25.7. The second kappa shape index (κ2) is 21.0. The molecule has 4 aromatic carbocycles. The molecule has 0 saturated carbocycles. The van der Waals surface area contributed by atoms with E-state index >= 15 is 0 Å². The lowest BCUT2D eigenvalue weighted by Crippen LogP contribution is -2.59. The Bertz CT molecular complexity index is 2350. The SMILES string of the molecule is CC(=O)N1CC([N+](=O)[O-])CC[C@@]1(CO[C@H](C)c1cc(C(F)(F)F)cc(C(F)(F)F)c1)c1ccccc1.C[C@@H](OC[C@@]1(c2ccccc2)CCC([N+](=O)[O-])CN1)c1cc(C(F)(F)F)cc(C(F)(F)F)c1.[HH]. The van der Waals surface area contributed by atoms with E-state index in [0.717, 1.165) is 5.56 Å². The Kier molecular flexibility index (Phi) is 16.5. The fourth-order valence-corrected chi connectivity index (χ4v) is 8.36. The summed E-state index contributed by atoms with van der Waals surface area (Å²) in [5.41, 5.74) is -7.05. The zero-order valence-electron chi connectivity index (χ0n) is 36.9. The zero-order chi connectivity index (χ0) is 51.3. The van der Waals surface area contributed by atoms with Crippen molar-refractivity contribution in [3.63, 3.8) is 0 Å². The minimum atomic E-state index is -5.01. The van der Waals surface area contributed by atoms with Crippen molar-refractivity contribution in [3.8, 4) is 0 Å². The molecule has 1 amide bonds. The Labute approximate surface area is 388 Å². The van der Waals surface area contributed by atoms with Crippen LogP contribution < -0.4 is 5.32 Å². The molecule has 2 unspecified atom stereocenters. The molecule has 2 aliphatic heterocycles. The maximum absolute atomic E-state index is 13.3. The van der Waals surface area contributed by atoms with Crippen LogP contribution in [-0.4, -0.2) is 59.0 Å². The molecule has 6 atom stereocenters. The minimum absolute atomic E-state index is 0. The van der Waals surface area contributed by atoms with Crippen molar-refractivity contribution in [2.24, 2.45) is 0 Å². The van der Waals surface area contributed by atoms with E-state index in [2.05, 4.69) is 5.32 Å². The average Bonchev–Trinajstić information content (AvgIpc) is 3.29. The van der Waals surface area contributed by atoms with Crippen molar-refractivity contribution in [3.05, 3.63) is 162 Å². The van der Waals surface area contributed by atoms with E-state index in [1.165, 1.54) is 25.7 Å². The van der Waals surface area contributed by atoms with Crippen molar-refractivity contribution in [2.75, 3.05) is 26.3 Å². The molecule has 0 spiro atoms. The van der Waals surface area contributed by atoms with Crippen LogP contribution >= 0.6 is 0 Å². The number of nitro groups is 2.